The Labute approximate surface area is 89.5 Å². The third-order valence-electron chi connectivity index (χ3n) is 1.85. The molecule has 0 heterocycles. The van der Waals surface area contributed by atoms with Crippen molar-refractivity contribution in [1.29, 1.82) is 0 Å². The number of hydrogen-bond acceptors (Lipinski definition) is 2. The van der Waals surface area contributed by atoms with E-state index in [2.05, 4.69) is 0 Å². The van der Waals surface area contributed by atoms with Gasteiger partial charge in [0.15, 0.2) is 5.92 Å². The minimum atomic E-state index is -4.80. The number of carboxylic acid groups (broad SMARTS) is 1. The number of rotatable bonds is 4. The van der Waals surface area contributed by atoms with Crippen molar-refractivity contribution < 1.29 is 27.8 Å². The van der Waals surface area contributed by atoms with E-state index in [1.165, 1.54) is 12.1 Å². The summed E-state index contributed by atoms with van der Waals surface area (Å²) in [7, 11) is 0. The van der Waals surface area contributed by atoms with Gasteiger partial charge in [0, 0.05) is 0 Å². The van der Waals surface area contributed by atoms with Gasteiger partial charge in [-0.3, -0.25) is 4.79 Å². The summed E-state index contributed by atoms with van der Waals surface area (Å²) < 4.78 is 41.4. The summed E-state index contributed by atoms with van der Waals surface area (Å²) in [6, 6.07) is 7.74. The minimum absolute atomic E-state index is 0.206. The number of carboxylic acids is 1. The molecule has 1 rings (SSSR count). The SMILES string of the molecule is O=C(O)C(COc1ccccc1)C(F)(F)F. The van der Waals surface area contributed by atoms with Gasteiger partial charge in [-0.05, 0) is 12.1 Å². The largest absolute Gasteiger partial charge is 0.492 e. The van der Waals surface area contributed by atoms with Crippen molar-refractivity contribution in [1.82, 2.24) is 0 Å². The second-order valence-electron chi connectivity index (χ2n) is 3.06. The molecule has 1 unspecified atom stereocenters. The van der Waals surface area contributed by atoms with Gasteiger partial charge < -0.3 is 9.84 Å². The maximum Gasteiger partial charge on any atom is 0.405 e. The molecule has 1 N–H and O–H groups in total. The van der Waals surface area contributed by atoms with Crippen LogP contribution in [0.3, 0.4) is 0 Å². The molecule has 3 nitrogen and oxygen atoms in total. The van der Waals surface area contributed by atoms with E-state index in [1.54, 1.807) is 18.2 Å². The van der Waals surface area contributed by atoms with Crippen LogP contribution in [0.1, 0.15) is 0 Å². The third-order valence-corrected chi connectivity index (χ3v) is 1.85. The van der Waals surface area contributed by atoms with Gasteiger partial charge in [0.05, 0.1) is 0 Å². The average molecular weight is 234 g/mol. The van der Waals surface area contributed by atoms with Crippen molar-refractivity contribution in [2.75, 3.05) is 6.61 Å². The van der Waals surface area contributed by atoms with E-state index in [0.717, 1.165) is 0 Å². The van der Waals surface area contributed by atoms with E-state index >= 15 is 0 Å². The zero-order valence-electron chi connectivity index (χ0n) is 8.07. The van der Waals surface area contributed by atoms with Gasteiger partial charge in [0.1, 0.15) is 12.4 Å². The molecular weight excluding hydrogens is 225 g/mol. The van der Waals surface area contributed by atoms with Crippen LogP contribution in [0, 0.1) is 5.92 Å². The number of hydrogen-bond donors (Lipinski definition) is 1. The fourth-order valence-electron chi connectivity index (χ4n) is 1.00. The van der Waals surface area contributed by atoms with Gasteiger partial charge in [-0.1, -0.05) is 18.2 Å². The molecule has 1 aromatic carbocycles. The standard InChI is InChI=1S/C10H9F3O3/c11-10(12,13)8(9(14)15)6-16-7-4-2-1-3-5-7/h1-5,8H,6H2,(H,14,15). The van der Waals surface area contributed by atoms with Crippen molar-refractivity contribution in [3.05, 3.63) is 30.3 Å². The number of aliphatic carboxylic acids is 1. The molecule has 0 bridgehead atoms. The summed E-state index contributed by atoms with van der Waals surface area (Å²) in [5.41, 5.74) is 0. The molecule has 88 valence electrons. The predicted octanol–water partition coefficient (Wildman–Crippen LogP) is 2.33. The zero-order chi connectivity index (χ0) is 12.2. The Kier molecular flexibility index (Phi) is 3.76. The summed E-state index contributed by atoms with van der Waals surface area (Å²) in [6.07, 6.45) is -4.80. The summed E-state index contributed by atoms with van der Waals surface area (Å²) >= 11 is 0. The van der Waals surface area contributed by atoms with Crippen molar-refractivity contribution >= 4 is 5.97 Å². The van der Waals surface area contributed by atoms with Gasteiger partial charge in [0.25, 0.3) is 0 Å². The lowest BCUT2D eigenvalue weighted by Gasteiger charge is -2.16. The molecule has 0 aliphatic heterocycles. The van der Waals surface area contributed by atoms with Crippen LogP contribution in [0.15, 0.2) is 30.3 Å². The molecule has 16 heavy (non-hydrogen) atoms. The highest BCUT2D eigenvalue weighted by Crippen LogP contribution is 2.27. The summed E-state index contributed by atoms with van der Waals surface area (Å²) in [6.45, 7) is -0.928. The molecule has 0 saturated carbocycles. The minimum Gasteiger partial charge on any atom is -0.492 e. The molecule has 1 aromatic rings. The topological polar surface area (TPSA) is 46.5 Å². The first kappa shape index (κ1) is 12.4. The lowest BCUT2D eigenvalue weighted by Crippen LogP contribution is -2.35. The molecule has 0 spiro atoms. The summed E-state index contributed by atoms with van der Waals surface area (Å²) in [4.78, 5) is 10.4. The van der Waals surface area contributed by atoms with Gasteiger partial charge in [0.2, 0.25) is 0 Å². The van der Waals surface area contributed by atoms with Crippen LogP contribution in [0.2, 0.25) is 0 Å². The normalized spacial score (nSPS) is 13.2. The predicted molar refractivity (Wildman–Crippen MR) is 49.1 cm³/mol. The second kappa shape index (κ2) is 4.87. The fraction of sp³-hybridized carbons (Fsp3) is 0.300. The van der Waals surface area contributed by atoms with Gasteiger partial charge in [-0.2, -0.15) is 13.2 Å². The Hall–Kier alpha value is -1.72. The van der Waals surface area contributed by atoms with Crippen LogP contribution in [0.25, 0.3) is 0 Å². The smallest absolute Gasteiger partial charge is 0.405 e. The van der Waals surface area contributed by atoms with E-state index in [-0.39, 0.29) is 5.75 Å². The van der Waals surface area contributed by atoms with Crippen LogP contribution in [-0.2, 0) is 4.79 Å². The molecule has 0 aliphatic rings. The Balaban J connectivity index is 2.62. The molecule has 0 saturated heterocycles. The maximum atomic E-state index is 12.2. The molecular formula is C10H9F3O3. The Morgan fingerprint density at radius 3 is 2.31 bits per heavy atom. The highest BCUT2D eigenvalue weighted by atomic mass is 19.4. The molecule has 1 atom stereocenters. The molecule has 0 radical (unpaired) electrons. The monoisotopic (exact) mass is 234 g/mol. The third kappa shape index (κ3) is 3.45. The fourth-order valence-corrected chi connectivity index (χ4v) is 1.00. The zero-order valence-corrected chi connectivity index (χ0v) is 8.07. The first-order valence-corrected chi connectivity index (χ1v) is 4.38. The molecule has 6 heteroatoms. The first-order valence-electron chi connectivity index (χ1n) is 4.38. The highest BCUT2D eigenvalue weighted by Gasteiger charge is 2.45. The number of para-hydroxylation sites is 1. The van der Waals surface area contributed by atoms with Crippen LogP contribution >= 0.6 is 0 Å². The van der Waals surface area contributed by atoms with Crippen LogP contribution in [-0.4, -0.2) is 23.9 Å². The highest BCUT2D eigenvalue weighted by molar-refractivity contribution is 5.71. The van der Waals surface area contributed by atoms with Crippen LogP contribution in [0.4, 0.5) is 13.2 Å². The van der Waals surface area contributed by atoms with Crippen molar-refractivity contribution in [3.8, 4) is 5.75 Å². The number of alkyl halides is 3. The lowest BCUT2D eigenvalue weighted by molar-refractivity contribution is -0.198. The quantitative estimate of drug-likeness (QED) is 0.869. The van der Waals surface area contributed by atoms with Crippen molar-refractivity contribution in [2.24, 2.45) is 5.92 Å². The molecule has 0 fully saturated rings. The maximum absolute atomic E-state index is 12.2. The Morgan fingerprint density at radius 2 is 1.88 bits per heavy atom. The van der Waals surface area contributed by atoms with E-state index in [9.17, 15) is 18.0 Å². The second-order valence-corrected chi connectivity index (χ2v) is 3.06. The summed E-state index contributed by atoms with van der Waals surface area (Å²) in [5.74, 6) is -4.24. The number of benzene rings is 1. The van der Waals surface area contributed by atoms with Gasteiger partial charge >= 0.3 is 12.1 Å². The number of ether oxygens (including phenoxy) is 1. The van der Waals surface area contributed by atoms with E-state index in [1.807, 2.05) is 0 Å². The average Bonchev–Trinajstić information content (AvgIpc) is 2.17. The van der Waals surface area contributed by atoms with Crippen molar-refractivity contribution in [3.63, 3.8) is 0 Å². The molecule has 0 aromatic heterocycles. The Morgan fingerprint density at radius 1 is 1.31 bits per heavy atom. The van der Waals surface area contributed by atoms with E-state index in [4.69, 9.17) is 9.84 Å². The van der Waals surface area contributed by atoms with E-state index < -0.39 is 24.7 Å². The molecule has 0 aliphatic carbocycles. The van der Waals surface area contributed by atoms with Crippen LogP contribution < -0.4 is 4.74 Å². The Bertz CT molecular complexity index is 348. The van der Waals surface area contributed by atoms with E-state index in [0.29, 0.717) is 0 Å². The van der Waals surface area contributed by atoms with Gasteiger partial charge in [-0.25, -0.2) is 0 Å². The van der Waals surface area contributed by atoms with Crippen molar-refractivity contribution in [2.45, 2.75) is 6.18 Å². The number of halogens is 3. The first-order chi connectivity index (χ1) is 7.41. The number of carbonyl (C=O) groups is 1. The molecule has 0 amide bonds. The van der Waals surface area contributed by atoms with Crippen LogP contribution in [0.5, 0.6) is 5.75 Å². The summed E-state index contributed by atoms with van der Waals surface area (Å²) in [5, 5.41) is 8.39. The van der Waals surface area contributed by atoms with Gasteiger partial charge in [-0.15, -0.1) is 0 Å². The lowest BCUT2D eigenvalue weighted by atomic mass is 10.1.